The Bertz CT molecular complexity index is 745. The first-order valence-electron chi connectivity index (χ1n) is 9.36. The Morgan fingerprint density at radius 1 is 0.714 bits per heavy atom. The maximum atomic E-state index is 13.7. The van der Waals surface area contributed by atoms with Crippen LogP contribution >= 0.6 is 22.6 Å². The molecule has 0 aromatic heterocycles. The van der Waals surface area contributed by atoms with Crippen LogP contribution in [0, 0.1) is 11.6 Å². The largest absolute Gasteiger partial charge is 0.207 e. The summed E-state index contributed by atoms with van der Waals surface area (Å²) in [5, 5.41) is 2.35. The third-order valence-electron chi connectivity index (χ3n) is 5.40. The fourth-order valence-corrected chi connectivity index (χ4v) is 21.8. The van der Waals surface area contributed by atoms with Gasteiger partial charge in [0, 0.05) is 0 Å². The van der Waals surface area contributed by atoms with Gasteiger partial charge < -0.3 is 0 Å². The molecule has 5 heteroatoms. The Kier molecular flexibility index (Phi) is 8.58. The van der Waals surface area contributed by atoms with Crippen molar-refractivity contribution in [2.75, 3.05) is 4.05 Å². The Morgan fingerprint density at radius 3 is 1.43 bits per heavy atom. The lowest BCUT2D eigenvalue weighted by Gasteiger charge is -2.40. The van der Waals surface area contributed by atoms with Crippen LogP contribution in [0.1, 0.15) is 0 Å². The minimum Gasteiger partial charge on any atom is -0.207 e. The van der Waals surface area contributed by atoms with Gasteiger partial charge in [0.1, 0.15) is 19.7 Å². The molecular weight excluding hydrogens is 497 g/mol. The summed E-state index contributed by atoms with van der Waals surface area (Å²) in [7, 11) is -4.07. The zero-order valence-electron chi connectivity index (χ0n) is 16.1. The Morgan fingerprint density at radius 2 is 1.11 bits per heavy atom. The zero-order valence-corrected chi connectivity index (χ0v) is 20.3. The molecule has 28 heavy (non-hydrogen) atoms. The van der Waals surface area contributed by atoms with Crippen molar-refractivity contribution in [1.29, 1.82) is 0 Å². The third-order valence-corrected chi connectivity index (χ3v) is 22.4. The van der Waals surface area contributed by atoms with Crippen molar-refractivity contribution in [2.24, 2.45) is 0 Å². The summed E-state index contributed by atoms with van der Waals surface area (Å²) < 4.78 is 28.5. The fraction of sp³-hybridized carbons (Fsp3) is 0.217. The summed E-state index contributed by atoms with van der Waals surface area (Å²) in [6.45, 7) is 12.1. The predicted octanol–water partition coefficient (Wildman–Crippen LogP) is 6.05. The van der Waals surface area contributed by atoms with Crippen molar-refractivity contribution >= 4 is 49.1 Å². The molecule has 0 heterocycles. The smallest absolute Gasteiger partial charge is 0.123 e. The molecule has 0 aliphatic rings. The molecule has 0 bridgehead atoms. The third kappa shape index (κ3) is 5.18. The number of benzene rings is 2. The molecule has 0 aliphatic carbocycles. The lowest BCUT2D eigenvalue weighted by Crippen LogP contribution is -2.63. The average Bonchev–Trinajstić information content (AvgIpc) is 2.69. The van der Waals surface area contributed by atoms with Crippen LogP contribution in [0.5, 0.6) is 0 Å². The zero-order chi connectivity index (χ0) is 20.6. The molecule has 0 unspecified atom stereocenters. The van der Waals surface area contributed by atoms with Crippen molar-refractivity contribution in [1.82, 2.24) is 0 Å². The lowest BCUT2D eigenvalue weighted by molar-refractivity contribution is 0.628. The normalized spacial score (nSPS) is 11.8. The summed E-state index contributed by atoms with van der Waals surface area (Å²) in [4.78, 5) is 0. The second-order valence-corrected chi connectivity index (χ2v) is 18.9. The minimum absolute atomic E-state index is 0.237. The standard InChI is InChI=1S/C23H27F2ISi2/c1-4-15-27(18-26,16-5-2)19-28(17-6-3,22-11-7-20(24)8-12-22)23-13-9-21(25)10-14-23/h4-14H,1-3,15-19H2. The second kappa shape index (κ2) is 10.5. The molecule has 0 fully saturated rings. The molecule has 0 aliphatic heterocycles. The first kappa shape index (κ1) is 23.0. The first-order chi connectivity index (χ1) is 13.4. The van der Waals surface area contributed by atoms with Crippen LogP contribution in [0.15, 0.2) is 86.5 Å². The molecule has 0 saturated carbocycles. The average molecular weight is 525 g/mol. The summed E-state index contributed by atoms with van der Waals surface area (Å²) in [5.41, 5.74) is 1.07. The van der Waals surface area contributed by atoms with E-state index in [0.717, 1.165) is 27.9 Å². The van der Waals surface area contributed by atoms with Gasteiger partial charge in [-0.05, 0) is 46.4 Å². The van der Waals surface area contributed by atoms with Crippen LogP contribution in [0.2, 0.25) is 23.8 Å². The summed E-state index contributed by atoms with van der Waals surface area (Å²) in [6.07, 6.45) is 6.06. The van der Waals surface area contributed by atoms with Crippen LogP contribution in [-0.4, -0.2) is 20.2 Å². The molecule has 0 atom stereocenters. The van der Waals surface area contributed by atoms with E-state index in [4.69, 9.17) is 0 Å². The van der Waals surface area contributed by atoms with E-state index in [2.05, 4.69) is 42.3 Å². The fourth-order valence-electron chi connectivity index (χ4n) is 4.10. The van der Waals surface area contributed by atoms with E-state index in [9.17, 15) is 8.78 Å². The number of halogens is 3. The first-order valence-corrected chi connectivity index (χ1v) is 16.1. The molecule has 0 N–H and O–H groups in total. The van der Waals surface area contributed by atoms with Gasteiger partial charge in [-0.25, -0.2) is 8.78 Å². The van der Waals surface area contributed by atoms with Crippen molar-refractivity contribution < 1.29 is 8.78 Å². The Balaban J connectivity index is 2.72. The predicted molar refractivity (Wildman–Crippen MR) is 132 cm³/mol. The maximum absolute atomic E-state index is 13.7. The van der Waals surface area contributed by atoms with Gasteiger partial charge in [-0.15, -0.1) is 19.7 Å². The van der Waals surface area contributed by atoms with Gasteiger partial charge in [-0.2, -0.15) is 0 Å². The van der Waals surface area contributed by atoms with Gasteiger partial charge in [0.2, 0.25) is 0 Å². The Hall–Kier alpha value is -1.32. The molecule has 2 aromatic rings. The van der Waals surface area contributed by atoms with Crippen molar-refractivity contribution in [2.45, 2.75) is 23.8 Å². The summed E-state index contributed by atoms with van der Waals surface area (Å²) >= 11 is 2.51. The van der Waals surface area contributed by atoms with E-state index >= 15 is 0 Å². The van der Waals surface area contributed by atoms with Gasteiger partial charge in [0.25, 0.3) is 0 Å². The molecule has 0 spiro atoms. The lowest BCUT2D eigenvalue weighted by atomic mass is 10.3. The number of rotatable bonds is 11. The minimum atomic E-state index is -2.31. The van der Waals surface area contributed by atoms with Gasteiger partial charge in [0.15, 0.2) is 0 Å². The van der Waals surface area contributed by atoms with E-state index in [0.29, 0.717) is 0 Å². The van der Waals surface area contributed by atoms with E-state index in [-0.39, 0.29) is 11.6 Å². The second-order valence-electron chi connectivity index (χ2n) is 7.38. The van der Waals surface area contributed by atoms with Crippen LogP contribution in [0.25, 0.3) is 0 Å². The summed E-state index contributed by atoms with van der Waals surface area (Å²) in [6, 6.07) is 16.7. The molecule has 0 nitrogen and oxygen atoms in total. The number of allylic oxidation sites excluding steroid dienone is 3. The van der Waals surface area contributed by atoms with Crippen molar-refractivity contribution in [3.05, 3.63) is 98.1 Å². The number of hydrogen-bond acceptors (Lipinski definition) is 0. The van der Waals surface area contributed by atoms with E-state index < -0.39 is 16.1 Å². The monoisotopic (exact) mass is 524 g/mol. The van der Waals surface area contributed by atoms with Crippen molar-refractivity contribution in [3.8, 4) is 0 Å². The quantitative estimate of drug-likeness (QED) is 0.145. The summed E-state index contributed by atoms with van der Waals surface area (Å²) in [5.74, 6) is -0.474. The van der Waals surface area contributed by atoms with Crippen LogP contribution < -0.4 is 10.4 Å². The molecule has 148 valence electrons. The number of alkyl halides is 1. The molecule has 0 saturated heterocycles. The molecule has 0 amide bonds. The maximum Gasteiger partial charge on any atom is 0.123 e. The molecule has 2 aromatic carbocycles. The van der Waals surface area contributed by atoms with Gasteiger partial charge in [0.05, 0.1) is 8.07 Å². The van der Waals surface area contributed by atoms with Gasteiger partial charge in [-0.3, -0.25) is 0 Å². The highest BCUT2D eigenvalue weighted by atomic mass is 127. The van der Waals surface area contributed by atoms with Crippen LogP contribution in [0.3, 0.4) is 0 Å². The van der Waals surface area contributed by atoms with Gasteiger partial charge >= 0.3 is 0 Å². The SMILES string of the molecule is C=CC[Si](CI)(CC=C)C[Si](CC=C)(c1ccc(F)cc1)c1ccc(F)cc1. The topological polar surface area (TPSA) is 0 Å². The number of hydrogen-bond donors (Lipinski definition) is 0. The van der Waals surface area contributed by atoms with Gasteiger partial charge in [-0.1, -0.05) is 81.1 Å². The highest BCUT2D eigenvalue weighted by Gasteiger charge is 2.44. The molecule has 2 rings (SSSR count). The Labute approximate surface area is 183 Å². The van der Waals surface area contributed by atoms with E-state index in [1.807, 2.05) is 42.5 Å². The molecular formula is C23H27F2ISi2. The van der Waals surface area contributed by atoms with Crippen LogP contribution in [-0.2, 0) is 0 Å². The highest BCUT2D eigenvalue weighted by Crippen LogP contribution is 2.32. The highest BCUT2D eigenvalue weighted by molar-refractivity contribution is 14.1. The van der Waals surface area contributed by atoms with Crippen molar-refractivity contribution in [3.63, 3.8) is 0 Å². The van der Waals surface area contributed by atoms with E-state index in [1.165, 1.54) is 34.6 Å². The van der Waals surface area contributed by atoms with E-state index in [1.54, 1.807) is 0 Å². The van der Waals surface area contributed by atoms with Crippen LogP contribution in [0.4, 0.5) is 8.78 Å². The molecule has 0 radical (unpaired) electrons.